The summed E-state index contributed by atoms with van der Waals surface area (Å²) in [4.78, 5) is 18.9. The fourth-order valence-electron chi connectivity index (χ4n) is 3.52. The largest absolute Gasteiger partial charge is 0.349 e. The van der Waals surface area contributed by atoms with Crippen molar-refractivity contribution in [1.29, 1.82) is 0 Å². The molecule has 6 nitrogen and oxygen atoms in total. The molecule has 26 heavy (non-hydrogen) atoms. The van der Waals surface area contributed by atoms with Crippen LogP contribution in [0.4, 0.5) is 0 Å². The van der Waals surface area contributed by atoms with Gasteiger partial charge in [0.05, 0.1) is 12.0 Å². The minimum Gasteiger partial charge on any atom is -0.349 e. The van der Waals surface area contributed by atoms with Gasteiger partial charge in [0, 0.05) is 11.6 Å². The molecule has 1 saturated carbocycles. The maximum atomic E-state index is 12.4. The first kappa shape index (κ1) is 20.9. The smallest absolute Gasteiger partial charge is 0.262 e. The number of hydrogen-bond donors (Lipinski definition) is 2. The van der Waals surface area contributed by atoms with Crippen molar-refractivity contribution in [1.82, 2.24) is 10.2 Å². The van der Waals surface area contributed by atoms with E-state index in [9.17, 15) is 13.2 Å². The maximum Gasteiger partial charge on any atom is 0.262 e. The zero-order valence-corrected chi connectivity index (χ0v) is 16.9. The van der Waals surface area contributed by atoms with Gasteiger partial charge in [0.15, 0.2) is 0 Å². The lowest BCUT2D eigenvalue weighted by Gasteiger charge is -2.39. The van der Waals surface area contributed by atoms with Crippen LogP contribution >= 0.6 is 0 Å². The monoisotopic (exact) mass is 382 g/mol. The summed E-state index contributed by atoms with van der Waals surface area (Å²) in [7, 11) is -2.47. The van der Waals surface area contributed by atoms with Crippen molar-refractivity contribution in [2.75, 3.05) is 7.11 Å². The minimum atomic E-state index is -3.71. The topological polar surface area (TPSA) is 84.5 Å². The van der Waals surface area contributed by atoms with Crippen LogP contribution < -0.4 is 10.2 Å². The van der Waals surface area contributed by atoms with Crippen molar-refractivity contribution in [2.24, 2.45) is 11.3 Å². The van der Waals surface area contributed by atoms with Crippen molar-refractivity contribution in [3.63, 3.8) is 0 Å². The molecule has 0 saturated heterocycles. The summed E-state index contributed by atoms with van der Waals surface area (Å²) in [5.74, 6) is 0.547. The highest BCUT2D eigenvalue weighted by molar-refractivity contribution is 7.89. The third-order valence-electron chi connectivity index (χ3n) is 5.70. The molecule has 0 aromatic heterocycles. The van der Waals surface area contributed by atoms with E-state index < -0.39 is 10.0 Å². The molecule has 0 heterocycles. The minimum absolute atomic E-state index is 0.0539. The molecule has 0 spiro atoms. The standard InChI is InChI=1S/C19H30N2O4S/c1-5-19(2,3)15-8-10-16(11-9-15)20-18(22)14-6-12-17(13-7-14)26(23,24)21-25-4/h6-7,12-13,15-16,21H,5,8-11H2,1-4H3,(H,20,22). The molecule has 0 radical (unpaired) electrons. The van der Waals surface area contributed by atoms with Gasteiger partial charge in [0.25, 0.3) is 15.9 Å². The lowest BCUT2D eigenvalue weighted by atomic mass is 9.69. The Morgan fingerprint density at radius 2 is 1.73 bits per heavy atom. The quantitative estimate of drug-likeness (QED) is 0.709. The molecule has 1 aromatic rings. The fraction of sp³-hybridized carbons (Fsp3) is 0.632. The van der Waals surface area contributed by atoms with Gasteiger partial charge in [-0.05, 0) is 61.3 Å². The third kappa shape index (κ3) is 5.05. The highest BCUT2D eigenvalue weighted by Gasteiger charge is 2.32. The van der Waals surface area contributed by atoms with Crippen molar-refractivity contribution in [2.45, 2.75) is 63.8 Å². The maximum absolute atomic E-state index is 12.4. The Labute approximate surface area is 156 Å². The molecule has 1 aliphatic carbocycles. The number of benzene rings is 1. The van der Waals surface area contributed by atoms with E-state index in [-0.39, 0.29) is 16.8 Å². The molecule has 1 aromatic carbocycles. The molecular weight excluding hydrogens is 352 g/mol. The number of hydrogen-bond acceptors (Lipinski definition) is 4. The zero-order valence-electron chi connectivity index (χ0n) is 16.0. The summed E-state index contributed by atoms with van der Waals surface area (Å²) in [5, 5.41) is 3.08. The Balaban J connectivity index is 1.93. The van der Waals surface area contributed by atoms with E-state index in [2.05, 4.69) is 30.9 Å². The Morgan fingerprint density at radius 3 is 2.23 bits per heavy atom. The van der Waals surface area contributed by atoms with Gasteiger partial charge < -0.3 is 5.32 Å². The van der Waals surface area contributed by atoms with Gasteiger partial charge in [-0.3, -0.25) is 9.63 Å². The predicted octanol–water partition coefficient (Wildman–Crippen LogP) is 3.25. The van der Waals surface area contributed by atoms with E-state index in [1.54, 1.807) is 0 Å². The van der Waals surface area contributed by atoms with Gasteiger partial charge in [-0.1, -0.05) is 32.1 Å². The molecule has 0 bridgehead atoms. The normalized spacial score (nSPS) is 21.4. The van der Waals surface area contributed by atoms with E-state index in [4.69, 9.17) is 0 Å². The second-order valence-electron chi connectivity index (χ2n) is 7.68. The van der Waals surface area contributed by atoms with Gasteiger partial charge in [-0.2, -0.15) is 0 Å². The van der Waals surface area contributed by atoms with Crippen molar-refractivity contribution >= 4 is 15.9 Å². The summed E-state index contributed by atoms with van der Waals surface area (Å²) < 4.78 is 23.7. The van der Waals surface area contributed by atoms with Crippen molar-refractivity contribution < 1.29 is 18.0 Å². The number of nitrogens with one attached hydrogen (secondary N) is 2. The van der Waals surface area contributed by atoms with Crippen LogP contribution in [0.15, 0.2) is 29.2 Å². The first-order chi connectivity index (χ1) is 12.2. The lowest BCUT2D eigenvalue weighted by Crippen LogP contribution is -2.39. The average Bonchev–Trinajstić information content (AvgIpc) is 2.62. The molecule has 2 N–H and O–H groups in total. The van der Waals surface area contributed by atoms with E-state index in [1.807, 2.05) is 4.89 Å². The lowest BCUT2D eigenvalue weighted by molar-refractivity contribution is 0.0893. The van der Waals surface area contributed by atoms with Gasteiger partial charge in [-0.15, -0.1) is 0 Å². The van der Waals surface area contributed by atoms with Gasteiger partial charge in [0.2, 0.25) is 0 Å². The van der Waals surface area contributed by atoms with Crippen LogP contribution in [0.2, 0.25) is 0 Å². The Bertz CT molecular complexity index is 706. The highest BCUT2D eigenvalue weighted by atomic mass is 32.2. The number of amides is 1. The SMILES string of the molecule is CCC(C)(C)C1CCC(NC(=O)c2ccc(S(=O)(=O)NOC)cc2)CC1. The molecule has 0 atom stereocenters. The summed E-state index contributed by atoms with van der Waals surface area (Å²) in [6.45, 7) is 6.88. The second kappa shape index (κ2) is 8.50. The number of carbonyl (C=O) groups excluding carboxylic acids is 1. The van der Waals surface area contributed by atoms with Crippen molar-refractivity contribution in [3.8, 4) is 0 Å². The molecule has 0 unspecified atom stereocenters. The van der Waals surface area contributed by atoms with Crippen LogP contribution in [-0.4, -0.2) is 27.5 Å². The highest BCUT2D eigenvalue weighted by Crippen LogP contribution is 2.40. The van der Waals surface area contributed by atoms with Gasteiger partial charge in [0.1, 0.15) is 0 Å². The molecule has 2 rings (SSSR count). The number of sulfonamides is 1. The average molecular weight is 383 g/mol. The Hall–Kier alpha value is -1.44. The fourth-order valence-corrected chi connectivity index (χ4v) is 4.33. The van der Waals surface area contributed by atoms with E-state index in [1.165, 1.54) is 37.8 Å². The predicted molar refractivity (Wildman–Crippen MR) is 101 cm³/mol. The molecule has 1 amide bonds. The van der Waals surface area contributed by atoms with E-state index >= 15 is 0 Å². The first-order valence-electron chi connectivity index (χ1n) is 9.15. The van der Waals surface area contributed by atoms with Gasteiger partial charge >= 0.3 is 0 Å². The number of rotatable bonds is 7. The van der Waals surface area contributed by atoms with E-state index in [0.717, 1.165) is 25.7 Å². The Morgan fingerprint density at radius 1 is 1.15 bits per heavy atom. The first-order valence-corrected chi connectivity index (χ1v) is 10.6. The molecule has 1 fully saturated rings. The molecule has 0 aliphatic heterocycles. The van der Waals surface area contributed by atoms with Gasteiger partial charge in [-0.25, -0.2) is 8.42 Å². The third-order valence-corrected chi connectivity index (χ3v) is 6.98. The molecular formula is C19H30N2O4S. The Kier molecular flexibility index (Phi) is 6.82. The van der Waals surface area contributed by atoms with E-state index in [0.29, 0.717) is 16.9 Å². The summed E-state index contributed by atoms with van der Waals surface area (Å²) in [6.07, 6.45) is 5.41. The van der Waals surface area contributed by atoms with Crippen molar-refractivity contribution in [3.05, 3.63) is 29.8 Å². The second-order valence-corrected chi connectivity index (χ2v) is 9.32. The summed E-state index contributed by atoms with van der Waals surface area (Å²) in [6, 6.07) is 6.02. The van der Waals surface area contributed by atoms with Crippen LogP contribution in [0.25, 0.3) is 0 Å². The number of carbonyl (C=O) groups is 1. The van der Waals surface area contributed by atoms with Crippen LogP contribution in [-0.2, 0) is 14.9 Å². The molecule has 7 heteroatoms. The zero-order chi connectivity index (χ0) is 19.4. The molecule has 1 aliphatic rings. The van der Waals surface area contributed by atoms with Crippen LogP contribution in [0, 0.1) is 11.3 Å². The summed E-state index contributed by atoms with van der Waals surface area (Å²) >= 11 is 0. The molecule has 146 valence electrons. The van der Waals surface area contributed by atoms with Crippen LogP contribution in [0.1, 0.15) is 63.2 Å². The van der Waals surface area contributed by atoms with Crippen LogP contribution in [0.3, 0.4) is 0 Å². The van der Waals surface area contributed by atoms with Crippen LogP contribution in [0.5, 0.6) is 0 Å². The summed E-state index contributed by atoms with van der Waals surface area (Å²) in [5.41, 5.74) is 0.810.